The Hall–Kier alpha value is -4.00. The Morgan fingerprint density at radius 2 is 1.79 bits per heavy atom. The summed E-state index contributed by atoms with van der Waals surface area (Å²) in [5, 5.41) is 10.6. The van der Waals surface area contributed by atoms with E-state index >= 15 is 0 Å². The molecule has 0 aliphatic rings. The molecule has 0 bridgehead atoms. The standard InChI is InChI=1S/C25H21F6N3O3S/c1-2-33-14-17(13-32)22-7-6-15(16-8-19(26)12-20(9-16)37-24(27)28)10-23(22)34-38(35,36)21-5-3-4-18(11-21)25(29,30)31/h3-14,24,32-34H,2H2,1H3/b17-14+,32-13?. The Morgan fingerprint density at radius 3 is 2.42 bits per heavy atom. The van der Waals surface area contributed by atoms with Crippen LogP contribution in [0.1, 0.15) is 18.1 Å². The zero-order valence-electron chi connectivity index (χ0n) is 19.6. The third-order valence-electron chi connectivity index (χ3n) is 5.09. The zero-order valence-corrected chi connectivity index (χ0v) is 20.4. The summed E-state index contributed by atoms with van der Waals surface area (Å²) in [6.45, 7) is -0.966. The molecular formula is C25H21F6N3O3S. The van der Waals surface area contributed by atoms with Crippen LogP contribution in [0.5, 0.6) is 5.75 Å². The molecule has 3 aromatic rings. The van der Waals surface area contributed by atoms with E-state index in [1.807, 2.05) is 0 Å². The molecule has 0 amide bonds. The van der Waals surface area contributed by atoms with Gasteiger partial charge >= 0.3 is 12.8 Å². The van der Waals surface area contributed by atoms with Gasteiger partial charge in [-0.05, 0) is 54.4 Å². The molecule has 3 rings (SSSR count). The van der Waals surface area contributed by atoms with Crippen LogP contribution in [0.2, 0.25) is 0 Å². The Balaban J connectivity index is 2.15. The molecule has 0 spiro atoms. The molecule has 0 fully saturated rings. The number of anilines is 1. The van der Waals surface area contributed by atoms with Crippen molar-refractivity contribution in [3.8, 4) is 16.9 Å². The summed E-state index contributed by atoms with van der Waals surface area (Å²) in [5.41, 5.74) is -0.733. The maximum Gasteiger partial charge on any atom is 0.416 e. The smallest absolute Gasteiger partial charge is 0.416 e. The minimum atomic E-state index is -4.78. The highest BCUT2D eigenvalue weighted by Gasteiger charge is 2.32. The first-order valence-corrected chi connectivity index (χ1v) is 12.4. The van der Waals surface area contributed by atoms with E-state index in [1.54, 1.807) is 6.92 Å². The Kier molecular flexibility index (Phi) is 8.71. The average Bonchev–Trinajstić information content (AvgIpc) is 2.83. The van der Waals surface area contributed by atoms with Gasteiger partial charge in [0.1, 0.15) is 11.6 Å². The van der Waals surface area contributed by atoms with Gasteiger partial charge in [0, 0.05) is 36.2 Å². The van der Waals surface area contributed by atoms with Crippen molar-refractivity contribution in [1.29, 1.82) is 5.41 Å². The molecule has 0 unspecified atom stereocenters. The summed E-state index contributed by atoms with van der Waals surface area (Å²) in [5.74, 6) is -1.38. The molecule has 0 aliphatic heterocycles. The van der Waals surface area contributed by atoms with Crippen LogP contribution in [-0.2, 0) is 16.2 Å². The fourth-order valence-corrected chi connectivity index (χ4v) is 4.53. The number of allylic oxidation sites excluding steroid dienone is 1. The van der Waals surface area contributed by atoms with Crippen molar-refractivity contribution in [2.24, 2.45) is 0 Å². The monoisotopic (exact) mass is 557 g/mol. The molecule has 3 aromatic carbocycles. The second kappa shape index (κ2) is 11.6. The first kappa shape index (κ1) is 28.6. The number of hydrogen-bond acceptors (Lipinski definition) is 5. The van der Waals surface area contributed by atoms with Crippen LogP contribution in [0.4, 0.5) is 32.0 Å². The molecule has 0 saturated carbocycles. The van der Waals surface area contributed by atoms with Crippen molar-refractivity contribution in [3.05, 3.63) is 83.8 Å². The summed E-state index contributed by atoms with van der Waals surface area (Å²) in [7, 11) is -4.58. The van der Waals surface area contributed by atoms with Gasteiger partial charge in [-0.3, -0.25) is 4.72 Å². The highest BCUT2D eigenvalue weighted by molar-refractivity contribution is 7.92. The number of alkyl halides is 5. The van der Waals surface area contributed by atoms with Gasteiger partial charge in [-0.25, -0.2) is 12.8 Å². The maximum atomic E-state index is 14.1. The predicted octanol–water partition coefficient (Wildman–Crippen LogP) is 6.51. The van der Waals surface area contributed by atoms with Gasteiger partial charge in [0.05, 0.1) is 16.1 Å². The lowest BCUT2D eigenvalue weighted by molar-refractivity contribution is -0.137. The molecule has 13 heteroatoms. The van der Waals surface area contributed by atoms with E-state index in [2.05, 4.69) is 14.8 Å². The molecule has 38 heavy (non-hydrogen) atoms. The van der Waals surface area contributed by atoms with E-state index in [9.17, 15) is 34.8 Å². The maximum absolute atomic E-state index is 14.1. The van der Waals surface area contributed by atoms with E-state index in [-0.39, 0.29) is 28.0 Å². The highest BCUT2D eigenvalue weighted by Crippen LogP contribution is 2.34. The minimum absolute atomic E-state index is 0.0544. The van der Waals surface area contributed by atoms with E-state index in [1.165, 1.54) is 24.4 Å². The van der Waals surface area contributed by atoms with Gasteiger partial charge in [-0.1, -0.05) is 18.2 Å². The molecular weight excluding hydrogens is 536 g/mol. The molecule has 0 saturated heterocycles. The number of ether oxygens (including phenoxy) is 1. The van der Waals surface area contributed by atoms with Crippen LogP contribution in [0, 0.1) is 11.2 Å². The summed E-state index contributed by atoms with van der Waals surface area (Å²) in [6, 6.07) is 10.0. The Labute approximate surface area is 214 Å². The number of rotatable bonds is 10. The second-order valence-corrected chi connectivity index (χ2v) is 9.43. The third-order valence-corrected chi connectivity index (χ3v) is 6.46. The van der Waals surface area contributed by atoms with Crippen molar-refractivity contribution in [2.45, 2.75) is 24.6 Å². The molecule has 0 aromatic heterocycles. The lowest BCUT2D eigenvalue weighted by Gasteiger charge is -2.16. The summed E-state index contributed by atoms with van der Waals surface area (Å²) < 4.78 is 112. The van der Waals surface area contributed by atoms with Gasteiger partial charge in [0.15, 0.2) is 0 Å². The summed E-state index contributed by atoms with van der Waals surface area (Å²) >= 11 is 0. The van der Waals surface area contributed by atoms with Gasteiger partial charge in [-0.2, -0.15) is 22.0 Å². The zero-order chi connectivity index (χ0) is 28.1. The van der Waals surface area contributed by atoms with E-state index < -0.39 is 44.8 Å². The predicted molar refractivity (Wildman–Crippen MR) is 131 cm³/mol. The van der Waals surface area contributed by atoms with E-state index in [0.717, 1.165) is 42.6 Å². The molecule has 0 atom stereocenters. The first-order chi connectivity index (χ1) is 17.8. The molecule has 3 N–H and O–H groups in total. The van der Waals surface area contributed by atoms with Crippen LogP contribution >= 0.6 is 0 Å². The van der Waals surface area contributed by atoms with Gasteiger partial charge in [0.2, 0.25) is 0 Å². The van der Waals surface area contributed by atoms with Gasteiger partial charge in [0.25, 0.3) is 10.0 Å². The highest BCUT2D eigenvalue weighted by atomic mass is 32.2. The van der Waals surface area contributed by atoms with Crippen LogP contribution in [-0.4, -0.2) is 27.8 Å². The topological polar surface area (TPSA) is 91.3 Å². The number of sulfonamides is 1. The minimum Gasteiger partial charge on any atom is -0.435 e. The van der Waals surface area contributed by atoms with Crippen molar-refractivity contribution in [2.75, 3.05) is 11.3 Å². The fourth-order valence-electron chi connectivity index (χ4n) is 3.41. The third kappa shape index (κ3) is 7.06. The number of benzene rings is 3. The molecule has 0 heterocycles. The lowest BCUT2D eigenvalue weighted by atomic mass is 9.99. The van der Waals surface area contributed by atoms with Crippen LogP contribution in [0.3, 0.4) is 0 Å². The fraction of sp³-hybridized carbons (Fsp3) is 0.160. The quantitative estimate of drug-likeness (QED) is 0.196. The molecule has 6 nitrogen and oxygen atoms in total. The van der Waals surface area contributed by atoms with Crippen molar-refractivity contribution in [1.82, 2.24) is 5.32 Å². The van der Waals surface area contributed by atoms with E-state index in [0.29, 0.717) is 12.6 Å². The van der Waals surface area contributed by atoms with Crippen LogP contribution in [0.15, 0.2) is 71.8 Å². The molecule has 202 valence electrons. The van der Waals surface area contributed by atoms with Crippen molar-refractivity contribution >= 4 is 27.5 Å². The molecule has 0 radical (unpaired) electrons. The number of nitrogens with one attached hydrogen (secondary N) is 3. The van der Waals surface area contributed by atoms with E-state index in [4.69, 9.17) is 5.41 Å². The normalized spacial score (nSPS) is 12.4. The van der Waals surface area contributed by atoms with Crippen LogP contribution < -0.4 is 14.8 Å². The number of halogens is 6. The lowest BCUT2D eigenvalue weighted by Crippen LogP contribution is -2.16. The van der Waals surface area contributed by atoms with Crippen molar-refractivity contribution in [3.63, 3.8) is 0 Å². The largest absolute Gasteiger partial charge is 0.435 e. The summed E-state index contributed by atoms with van der Waals surface area (Å²) in [6.07, 6.45) is -2.43. The van der Waals surface area contributed by atoms with Gasteiger partial charge < -0.3 is 15.5 Å². The van der Waals surface area contributed by atoms with Gasteiger partial charge in [-0.15, -0.1) is 0 Å². The Bertz CT molecular complexity index is 1460. The average molecular weight is 558 g/mol. The summed E-state index contributed by atoms with van der Waals surface area (Å²) in [4.78, 5) is -0.672. The van der Waals surface area contributed by atoms with Crippen molar-refractivity contribution < 1.29 is 39.5 Å². The first-order valence-electron chi connectivity index (χ1n) is 10.9. The Morgan fingerprint density at radius 1 is 1.05 bits per heavy atom. The van der Waals surface area contributed by atoms with Crippen LogP contribution in [0.25, 0.3) is 16.7 Å². The SMILES string of the molecule is CCN/C=C(\C=N)c1ccc(-c2cc(F)cc(OC(F)F)c2)cc1NS(=O)(=O)c1cccc(C(F)(F)F)c1. The number of hydrogen-bond donors (Lipinski definition) is 3. The second-order valence-electron chi connectivity index (χ2n) is 7.75. The molecule has 0 aliphatic carbocycles.